The summed E-state index contributed by atoms with van der Waals surface area (Å²) in [5.41, 5.74) is 0. The maximum absolute atomic E-state index is 11.6. The summed E-state index contributed by atoms with van der Waals surface area (Å²) < 4.78 is 5.55. The maximum atomic E-state index is 11.6. The summed E-state index contributed by atoms with van der Waals surface area (Å²) in [6.07, 6.45) is 2.33. The molecule has 3 rings (SSSR count). The summed E-state index contributed by atoms with van der Waals surface area (Å²) in [6, 6.07) is 7.42. The molecule has 110 valence electrons. The Morgan fingerprint density at radius 2 is 2.14 bits per heavy atom. The quantitative estimate of drug-likeness (QED) is 0.853. The Kier molecular flexibility index (Phi) is 4.06. The maximum Gasteiger partial charge on any atom is 0.227 e. The standard InChI is InChI=1S/C14H15ClN4O2/c15-9-1-5-11(6-2-9)21-8-13-17-12(18-19-13)7-14(20)16-10-3-4-10/h1-2,5-6,10H,3-4,7-8H2,(H,16,20)(H,17,18,19). The summed E-state index contributed by atoms with van der Waals surface area (Å²) in [5, 5.41) is 10.3. The van der Waals surface area contributed by atoms with Crippen molar-refractivity contribution in [1.82, 2.24) is 20.5 Å². The molecule has 1 aliphatic rings. The average molecular weight is 307 g/mol. The lowest BCUT2D eigenvalue weighted by atomic mass is 10.3. The van der Waals surface area contributed by atoms with Crippen LogP contribution in [-0.2, 0) is 17.8 Å². The lowest BCUT2D eigenvalue weighted by molar-refractivity contribution is -0.120. The van der Waals surface area contributed by atoms with Crippen molar-refractivity contribution in [2.24, 2.45) is 0 Å². The van der Waals surface area contributed by atoms with Gasteiger partial charge in [0.05, 0.1) is 6.42 Å². The van der Waals surface area contributed by atoms with E-state index in [1.165, 1.54) is 0 Å². The summed E-state index contributed by atoms with van der Waals surface area (Å²) in [4.78, 5) is 15.9. The third kappa shape index (κ3) is 4.19. The molecule has 21 heavy (non-hydrogen) atoms. The fourth-order valence-corrected chi connectivity index (χ4v) is 1.94. The second-order valence-electron chi connectivity index (χ2n) is 4.96. The summed E-state index contributed by atoms with van der Waals surface area (Å²) in [7, 11) is 0. The molecule has 0 spiro atoms. The van der Waals surface area contributed by atoms with E-state index in [9.17, 15) is 4.79 Å². The minimum absolute atomic E-state index is 0.0401. The first kappa shape index (κ1) is 13.9. The Hall–Kier alpha value is -2.08. The van der Waals surface area contributed by atoms with Gasteiger partial charge in [-0.2, -0.15) is 5.10 Å². The molecule has 0 radical (unpaired) electrons. The van der Waals surface area contributed by atoms with Gasteiger partial charge >= 0.3 is 0 Å². The second-order valence-corrected chi connectivity index (χ2v) is 5.40. The normalized spacial score (nSPS) is 14.0. The molecule has 0 saturated heterocycles. The van der Waals surface area contributed by atoms with Crippen LogP contribution in [0.2, 0.25) is 5.02 Å². The number of H-pyrrole nitrogens is 1. The zero-order chi connectivity index (χ0) is 14.7. The van der Waals surface area contributed by atoms with Crippen molar-refractivity contribution in [1.29, 1.82) is 0 Å². The van der Waals surface area contributed by atoms with Crippen LogP contribution in [0.15, 0.2) is 24.3 Å². The van der Waals surface area contributed by atoms with Crippen LogP contribution in [-0.4, -0.2) is 27.1 Å². The van der Waals surface area contributed by atoms with Crippen molar-refractivity contribution < 1.29 is 9.53 Å². The van der Waals surface area contributed by atoms with Gasteiger partial charge in [0.15, 0.2) is 11.6 Å². The molecule has 0 bridgehead atoms. The fourth-order valence-electron chi connectivity index (χ4n) is 1.81. The average Bonchev–Trinajstić information content (AvgIpc) is 3.16. The van der Waals surface area contributed by atoms with Crippen LogP contribution in [0.5, 0.6) is 5.75 Å². The van der Waals surface area contributed by atoms with Crippen molar-refractivity contribution in [3.63, 3.8) is 0 Å². The fraction of sp³-hybridized carbons (Fsp3) is 0.357. The van der Waals surface area contributed by atoms with E-state index in [0.29, 0.717) is 28.5 Å². The van der Waals surface area contributed by atoms with Crippen LogP contribution in [0.25, 0.3) is 0 Å². The summed E-state index contributed by atoms with van der Waals surface area (Å²) in [5.74, 6) is 1.72. The van der Waals surface area contributed by atoms with Gasteiger partial charge in [-0.1, -0.05) is 11.6 Å². The molecule has 1 fully saturated rings. The minimum Gasteiger partial charge on any atom is -0.486 e. The van der Waals surface area contributed by atoms with E-state index in [1.807, 2.05) is 0 Å². The van der Waals surface area contributed by atoms with Crippen LogP contribution >= 0.6 is 11.6 Å². The van der Waals surface area contributed by atoms with Gasteiger partial charge in [-0.15, -0.1) is 0 Å². The molecule has 2 aromatic rings. The zero-order valence-electron chi connectivity index (χ0n) is 11.3. The number of hydrogen-bond donors (Lipinski definition) is 2. The molecule has 1 amide bonds. The van der Waals surface area contributed by atoms with Crippen molar-refractivity contribution in [3.05, 3.63) is 40.9 Å². The Balaban J connectivity index is 1.49. The van der Waals surface area contributed by atoms with Crippen LogP contribution in [0, 0.1) is 0 Å². The molecule has 1 aromatic heterocycles. The molecular formula is C14H15ClN4O2. The molecular weight excluding hydrogens is 292 g/mol. The molecule has 0 aliphatic heterocycles. The largest absolute Gasteiger partial charge is 0.486 e. The number of ether oxygens (including phenoxy) is 1. The lowest BCUT2D eigenvalue weighted by Crippen LogP contribution is -2.27. The number of hydrogen-bond acceptors (Lipinski definition) is 4. The van der Waals surface area contributed by atoms with E-state index in [4.69, 9.17) is 16.3 Å². The number of halogens is 1. The molecule has 1 aromatic carbocycles. The minimum atomic E-state index is -0.0401. The number of carbonyl (C=O) groups excluding carboxylic acids is 1. The second kappa shape index (κ2) is 6.13. The van der Waals surface area contributed by atoms with Crippen molar-refractivity contribution in [2.75, 3.05) is 0 Å². The monoisotopic (exact) mass is 306 g/mol. The van der Waals surface area contributed by atoms with Crippen molar-refractivity contribution >= 4 is 17.5 Å². The van der Waals surface area contributed by atoms with Crippen LogP contribution in [0.1, 0.15) is 24.5 Å². The first-order chi connectivity index (χ1) is 10.2. The van der Waals surface area contributed by atoms with E-state index in [2.05, 4.69) is 20.5 Å². The smallest absolute Gasteiger partial charge is 0.227 e. The number of amides is 1. The molecule has 1 heterocycles. The van der Waals surface area contributed by atoms with E-state index in [-0.39, 0.29) is 18.9 Å². The van der Waals surface area contributed by atoms with E-state index < -0.39 is 0 Å². The number of aromatic nitrogens is 3. The molecule has 7 heteroatoms. The highest BCUT2D eigenvalue weighted by Crippen LogP contribution is 2.18. The van der Waals surface area contributed by atoms with Crippen LogP contribution in [0.3, 0.4) is 0 Å². The van der Waals surface area contributed by atoms with Gasteiger partial charge in [0.1, 0.15) is 12.4 Å². The third-order valence-corrected chi connectivity index (χ3v) is 3.28. The number of carbonyl (C=O) groups is 1. The number of benzene rings is 1. The third-order valence-electron chi connectivity index (χ3n) is 3.03. The Labute approximate surface area is 126 Å². The highest BCUT2D eigenvalue weighted by atomic mass is 35.5. The van der Waals surface area contributed by atoms with E-state index in [1.54, 1.807) is 24.3 Å². The molecule has 1 aliphatic carbocycles. The predicted octanol–water partition coefficient (Wildman–Crippen LogP) is 1.86. The number of aromatic amines is 1. The van der Waals surface area contributed by atoms with E-state index >= 15 is 0 Å². The highest BCUT2D eigenvalue weighted by Gasteiger charge is 2.23. The number of nitrogens with one attached hydrogen (secondary N) is 2. The van der Waals surface area contributed by atoms with Gasteiger partial charge in [0.25, 0.3) is 0 Å². The predicted molar refractivity (Wildman–Crippen MR) is 77.0 cm³/mol. The van der Waals surface area contributed by atoms with Gasteiger partial charge in [-0.25, -0.2) is 4.98 Å². The summed E-state index contributed by atoms with van der Waals surface area (Å²) >= 11 is 5.80. The summed E-state index contributed by atoms with van der Waals surface area (Å²) in [6.45, 7) is 0.263. The Morgan fingerprint density at radius 1 is 1.38 bits per heavy atom. The van der Waals surface area contributed by atoms with Crippen molar-refractivity contribution in [3.8, 4) is 5.75 Å². The zero-order valence-corrected chi connectivity index (χ0v) is 12.1. The Bertz CT molecular complexity index is 622. The molecule has 0 unspecified atom stereocenters. The van der Waals surface area contributed by atoms with Gasteiger partial charge in [-0.05, 0) is 37.1 Å². The van der Waals surface area contributed by atoms with Gasteiger partial charge in [0, 0.05) is 11.1 Å². The number of nitrogens with zero attached hydrogens (tertiary/aromatic N) is 2. The van der Waals surface area contributed by atoms with Gasteiger partial charge in [-0.3, -0.25) is 9.89 Å². The Morgan fingerprint density at radius 3 is 2.86 bits per heavy atom. The topological polar surface area (TPSA) is 79.9 Å². The van der Waals surface area contributed by atoms with Crippen LogP contribution in [0.4, 0.5) is 0 Å². The van der Waals surface area contributed by atoms with Gasteiger partial charge in [0.2, 0.25) is 5.91 Å². The van der Waals surface area contributed by atoms with Crippen LogP contribution < -0.4 is 10.1 Å². The van der Waals surface area contributed by atoms with E-state index in [0.717, 1.165) is 12.8 Å². The molecule has 1 saturated carbocycles. The highest BCUT2D eigenvalue weighted by molar-refractivity contribution is 6.30. The first-order valence-corrected chi connectivity index (χ1v) is 7.15. The van der Waals surface area contributed by atoms with Gasteiger partial charge < -0.3 is 10.1 Å². The molecule has 2 N–H and O–H groups in total. The van der Waals surface area contributed by atoms with Crippen molar-refractivity contribution in [2.45, 2.75) is 31.9 Å². The molecule has 0 atom stereocenters. The lowest BCUT2D eigenvalue weighted by Gasteiger charge is -2.03. The SMILES string of the molecule is O=C(Cc1n[nH]c(COc2ccc(Cl)cc2)n1)NC1CC1. The molecule has 6 nitrogen and oxygen atoms in total. The first-order valence-electron chi connectivity index (χ1n) is 6.77. The number of rotatable bonds is 6.